The van der Waals surface area contributed by atoms with Crippen molar-refractivity contribution in [2.24, 2.45) is 0 Å². The van der Waals surface area contributed by atoms with E-state index in [-0.39, 0.29) is 12.1 Å². The fraction of sp³-hybridized carbons (Fsp3) is 0.300. The maximum absolute atomic E-state index is 12.7. The Morgan fingerprint density at radius 3 is 2.53 bits per heavy atom. The maximum Gasteiger partial charge on any atom is 0.334 e. The van der Waals surface area contributed by atoms with Gasteiger partial charge < -0.3 is 10.1 Å². The first-order valence-electron chi connectivity index (χ1n) is 9.34. The number of nitrogens with one attached hydrogen (secondary N) is 2. The van der Waals surface area contributed by atoms with Gasteiger partial charge in [-0.3, -0.25) is 14.6 Å². The van der Waals surface area contributed by atoms with Crippen LogP contribution < -0.4 is 15.0 Å². The second-order valence-corrected chi connectivity index (χ2v) is 8.29. The van der Waals surface area contributed by atoms with E-state index in [1.807, 2.05) is 31.4 Å². The Balaban J connectivity index is 1.72. The molecule has 10 heteroatoms. The monoisotopic (exact) mass is 445 g/mol. The Morgan fingerprint density at radius 2 is 1.93 bits per heavy atom. The van der Waals surface area contributed by atoms with Crippen LogP contribution in [0.1, 0.15) is 26.8 Å². The van der Waals surface area contributed by atoms with Crippen LogP contribution in [0.25, 0.3) is 10.7 Å². The zero-order chi connectivity index (χ0) is 21.8. The molecule has 0 saturated heterocycles. The first-order chi connectivity index (χ1) is 14.3. The SMILES string of the molecule is CC(C)NC(=O)N(C)c1ccc(OC(=O)C(C)n2c(-c3cccs3)n[nH]c2=S)cc1. The molecule has 0 bridgehead atoms. The average Bonchev–Trinajstić information content (AvgIpc) is 3.36. The number of carbonyl (C=O) groups excluding carboxylic acids is 2. The Kier molecular flexibility index (Phi) is 6.68. The lowest BCUT2D eigenvalue weighted by molar-refractivity contribution is -0.137. The molecule has 8 nitrogen and oxygen atoms in total. The summed E-state index contributed by atoms with van der Waals surface area (Å²) in [6.45, 7) is 5.50. The van der Waals surface area contributed by atoms with Gasteiger partial charge in [-0.25, -0.2) is 9.59 Å². The summed E-state index contributed by atoms with van der Waals surface area (Å²) in [4.78, 5) is 27.2. The van der Waals surface area contributed by atoms with E-state index < -0.39 is 12.0 Å². The van der Waals surface area contributed by atoms with Crippen LogP contribution in [-0.2, 0) is 4.79 Å². The smallest absolute Gasteiger partial charge is 0.334 e. The summed E-state index contributed by atoms with van der Waals surface area (Å²) in [5.74, 6) is 0.498. The lowest BCUT2D eigenvalue weighted by atomic mass is 10.2. The van der Waals surface area contributed by atoms with Crippen molar-refractivity contribution in [2.45, 2.75) is 32.9 Å². The van der Waals surface area contributed by atoms with Crippen LogP contribution in [0.15, 0.2) is 41.8 Å². The van der Waals surface area contributed by atoms with Gasteiger partial charge in [0, 0.05) is 18.8 Å². The summed E-state index contributed by atoms with van der Waals surface area (Å²) < 4.78 is 7.51. The van der Waals surface area contributed by atoms with E-state index in [0.717, 1.165) is 4.88 Å². The third kappa shape index (κ3) is 4.77. The van der Waals surface area contributed by atoms with Crippen molar-refractivity contribution < 1.29 is 14.3 Å². The van der Waals surface area contributed by atoms with Gasteiger partial charge in [0.25, 0.3) is 0 Å². The predicted octanol–water partition coefficient (Wildman–Crippen LogP) is 4.39. The molecule has 2 aromatic heterocycles. The third-order valence-corrected chi connectivity index (χ3v) is 5.49. The molecule has 0 fully saturated rings. The number of hydrogen-bond donors (Lipinski definition) is 2. The molecule has 158 valence electrons. The van der Waals surface area contributed by atoms with Gasteiger partial charge in [0.15, 0.2) is 10.6 Å². The summed E-state index contributed by atoms with van der Waals surface area (Å²) >= 11 is 6.81. The highest BCUT2D eigenvalue weighted by atomic mass is 32.1. The highest BCUT2D eigenvalue weighted by Crippen LogP contribution is 2.27. The number of esters is 1. The maximum atomic E-state index is 12.7. The van der Waals surface area contributed by atoms with E-state index in [2.05, 4.69) is 15.5 Å². The van der Waals surface area contributed by atoms with Crippen LogP contribution in [-0.4, -0.2) is 39.9 Å². The highest BCUT2D eigenvalue weighted by Gasteiger charge is 2.23. The second kappa shape index (κ2) is 9.23. The number of benzene rings is 1. The van der Waals surface area contributed by atoms with Crippen LogP contribution in [0.2, 0.25) is 0 Å². The molecule has 30 heavy (non-hydrogen) atoms. The molecular formula is C20H23N5O3S2. The number of H-pyrrole nitrogens is 1. The molecule has 1 atom stereocenters. The van der Waals surface area contributed by atoms with Crippen molar-refractivity contribution in [1.29, 1.82) is 0 Å². The van der Waals surface area contributed by atoms with E-state index in [9.17, 15) is 9.59 Å². The van der Waals surface area contributed by atoms with E-state index in [0.29, 0.717) is 22.0 Å². The minimum absolute atomic E-state index is 0.0374. The highest BCUT2D eigenvalue weighted by molar-refractivity contribution is 7.71. The number of nitrogens with zero attached hydrogens (tertiary/aromatic N) is 3. The van der Waals surface area contributed by atoms with E-state index in [1.54, 1.807) is 42.8 Å². The fourth-order valence-electron chi connectivity index (χ4n) is 2.75. The van der Waals surface area contributed by atoms with E-state index >= 15 is 0 Å². The van der Waals surface area contributed by atoms with Crippen molar-refractivity contribution in [3.8, 4) is 16.5 Å². The fourth-order valence-corrected chi connectivity index (χ4v) is 3.75. The largest absolute Gasteiger partial charge is 0.425 e. The van der Waals surface area contributed by atoms with Crippen molar-refractivity contribution >= 4 is 41.2 Å². The molecule has 3 aromatic rings. The van der Waals surface area contributed by atoms with Gasteiger partial charge in [0.2, 0.25) is 0 Å². The Hall–Kier alpha value is -2.98. The molecule has 0 saturated carbocycles. The molecule has 2 heterocycles. The summed E-state index contributed by atoms with van der Waals surface area (Å²) in [6.07, 6.45) is 0. The zero-order valence-electron chi connectivity index (χ0n) is 17.1. The van der Waals surface area contributed by atoms with Crippen LogP contribution in [0.5, 0.6) is 5.75 Å². The van der Waals surface area contributed by atoms with Gasteiger partial charge in [0.1, 0.15) is 11.8 Å². The molecule has 1 aromatic carbocycles. The normalized spacial score (nSPS) is 11.9. The van der Waals surface area contributed by atoms with Gasteiger partial charge in [-0.2, -0.15) is 5.10 Å². The Morgan fingerprint density at radius 1 is 1.23 bits per heavy atom. The number of amides is 2. The topological polar surface area (TPSA) is 92.2 Å². The Labute approximate surface area is 183 Å². The van der Waals surface area contributed by atoms with E-state index in [4.69, 9.17) is 17.0 Å². The lowest BCUT2D eigenvalue weighted by Crippen LogP contribution is -2.40. The zero-order valence-corrected chi connectivity index (χ0v) is 18.7. The van der Waals surface area contributed by atoms with E-state index in [1.165, 1.54) is 16.2 Å². The molecule has 3 rings (SSSR count). The molecule has 2 amide bonds. The quantitative estimate of drug-likeness (QED) is 0.334. The summed E-state index contributed by atoms with van der Waals surface area (Å²) in [5.41, 5.74) is 0.679. The number of urea groups is 1. The number of ether oxygens (including phenoxy) is 1. The van der Waals surface area contributed by atoms with Crippen molar-refractivity contribution in [1.82, 2.24) is 20.1 Å². The van der Waals surface area contributed by atoms with Crippen molar-refractivity contribution in [3.63, 3.8) is 0 Å². The average molecular weight is 446 g/mol. The molecule has 0 aliphatic rings. The van der Waals surface area contributed by atoms with Gasteiger partial charge in [-0.05, 0) is 68.7 Å². The molecule has 1 unspecified atom stereocenters. The minimum Gasteiger partial charge on any atom is -0.425 e. The summed E-state index contributed by atoms with van der Waals surface area (Å²) in [7, 11) is 1.67. The number of aromatic amines is 1. The summed E-state index contributed by atoms with van der Waals surface area (Å²) in [5, 5.41) is 11.7. The van der Waals surface area contributed by atoms with Crippen LogP contribution >= 0.6 is 23.6 Å². The Bertz CT molecular complexity index is 1070. The number of anilines is 1. The van der Waals surface area contributed by atoms with Gasteiger partial charge in [-0.15, -0.1) is 11.3 Å². The van der Waals surface area contributed by atoms with Gasteiger partial charge >= 0.3 is 12.0 Å². The molecular weight excluding hydrogens is 422 g/mol. The van der Waals surface area contributed by atoms with Crippen LogP contribution in [0.4, 0.5) is 10.5 Å². The van der Waals surface area contributed by atoms with Crippen LogP contribution in [0, 0.1) is 4.77 Å². The number of hydrogen-bond acceptors (Lipinski definition) is 6. The number of aromatic nitrogens is 3. The lowest BCUT2D eigenvalue weighted by Gasteiger charge is -2.20. The summed E-state index contributed by atoms with van der Waals surface area (Å²) in [6, 6.07) is 9.70. The van der Waals surface area contributed by atoms with Crippen molar-refractivity contribution in [3.05, 3.63) is 46.5 Å². The second-order valence-electron chi connectivity index (χ2n) is 6.95. The van der Waals surface area contributed by atoms with Gasteiger partial charge in [0.05, 0.1) is 4.88 Å². The molecule has 2 N–H and O–H groups in total. The third-order valence-electron chi connectivity index (χ3n) is 4.33. The van der Waals surface area contributed by atoms with Crippen LogP contribution in [0.3, 0.4) is 0 Å². The minimum atomic E-state index is -0.674. The van der Waals surface area contributed by atoms with Gasteiger partial charge in [-0.1, -0.05) is 6.07 Å². The molecule has 0 aliphatic heterocycles. The first kappa shape index (κ1) is 21.7. The predicted molar refractivity (Wildman–Crippen MR) is 120 cm³/mol. The number of thiophene rings is 1. The molecule has 0 radical (unpaired) electrons. The molecule has 0 spiro atoms. The number of carbonyl (C=O) groups is 2. The van der Waals surface area contributed by atoms with Crippen molar-refractivity contribution in [2.75, 3.05) is 11.9 Å². The standard InChI is InChI=1S/C20H23N5O3S2/c1-12(2)21-19(27)24(4)14-7-9-15(10-8-14)28-18(26)13(3)25-17(22-23-20(25)29)16-6-5-11-30-16/h5-13H,1-4H3,(H,21,27)(H,23,29). The first-order valence-corrected chi connectivity index (χ1v) is 10.6. The number of rotatable bonds is 6. The molecule has 0 aliphatic carbocycles.